The minimum Gasteiger partial charge on any atom is -0.508 e. The molecular formula is C10H11Br2NO3. The summed E-state index contributed by atoms with van der Waals surface area (Å²) in [5, 5.41) is 9.13. The Labute approximate surface area is 111 Å². The number of nitrogens with zero attached hydrogens (tertiary/aromatic N) is 1. The fourth-order valence-corrected chi connectivity index (χ4v) is 1.85. The highest BCUT2D eigenvalue weighted by Gasteiger charge is 2.24. The van der Waals surface area contributed by atoms with E-state index in [0.29, 0.717) is 6.42 Å². The van der Waals surface area contributed by atoms with Crippen LogP contribution in [-0.2, 0) is 16.0 Å². The van der Waals surface area contributed by atoms with Crippen molar-refractivity contribution in [2.45, 2.75) is 12.5 Å². The maximum absolute atomic E-state index is 11.5. The fourth-order valence-electron chi connectivity index (χ4n) is 1.22. The summed E-state index contributed by atoms with van der Waals surface area (Å²) in [5.74, 6) is -0.144. The molecular weight excluding hydrogens is 342 g/mol. The van der Waals surface area contributed by atoms with E-state index in [1.54, 1.807) is 24.3 Å². The van der Waals surface area contributed by atoms with E-state index in [-0.39, 0.29) is 11.7 Å². The predicted octanol–water partition coefficient (Wildman–Crippen LogP) is 2.40. The van der Waals surface area contributed by atoms with Gasteiger partial charge >= 0.3 is 5.97 Å². The molecule has 0 saturated heterocycles. The minimum absolute atomic E-state index is 0.202. The van der Waals surface area contributed by atoms with Crippen molar-refractivity contribution in [2.24, 2.45) is 0 Å². The molecule has 0 heterocycles. The first kappa shape index (κ1) is 13.5. The number of aromatic hydroxyl groups is 1. The van der Waals surface area contributed by atoms with Crippen molar-refractivity contribution in [2.75, 3.05) is 7.11 Å². The van der Waals surface area contributed by atoms with Crippen molar-refractivity contribution < 1.29 is 14.6 Å². The lowest BCUT2D eigenvalue weighted by Crippen LogP contribution is -2.32. The second-order valence-electron chi connectivity index (χ2n) is 3.17. The number of carbonyl (C=O) groups excluding carboxylic acids is 1. The van der Waals surface area contributed by atoms with Crippen LogP contribution in [0.5, 0.6) is 5.75 Å². The topological polar surface area (TPSA) is 49.8 Å². The first-order valence-corrected chi connectivity index (χ1v) is 5.93. The number of esters is 1. The summed E-state index contributed by atoms with van der Waals surface area (Å²) in [7, 11) is 1.34. The van der Waals surface area contributed by atoms with Gasteiger partial charge in [-0.3, -0.25) is 4.79 Å². The Bertz CT molecular complexity index is 354. The van der Waals surface area contributed by atoms with E-state index in [4.69, 9.17) is 5.11 Å². The van der Waals surface area contributed by atoms with Crippen molar-refractivity contribution in [1.82, 2.24) is 2.95 Å². The second kappa shape index (κ2) is 6.22. The predicted molar refractivity (Wildman–Crippen MR) is 67.3 cm³/mol. The lowest BCUT2D eigenvalue weighted by molar-refractivity contribution is -0.143. The number of carbonyl (C=O) groups is 1. The minimum atomic E-state index is -0.463. The summed E-state index contributed by atoms with van der Waals surface area (Å²) in [6.45, 7) is 0. The molecule has 0 saturated carbocycles. The molecule has 4 nitrogen and oxygen atoms in total. The number of rotatable bonds is 4. The number of benzene rings is 1. The van der Waals surface area contributed by atoms with E-state index < -0.39 is 6.04 Å². The van der Waals surface area contributed by atoms with Crippen LogP contribution < -0.4 is 0 Å². The summed E-state index contributed by atoms with van der Waals surface area (Å²) in [4.78, 5) is 11.5. The van der Waals surface area contributed by atoms with Gasteiger partial charge in [0.05, 0.1) is 7.11 Å². The maximum Gasteiger partial charge on any atom is 0.325 e. The maximum atomic E-state index is 11.5. The quantitative estimate of drug-likeness (QED) is 0.667. The zero-order valence-electron chi connectivity index (χ0n) is 8.56. The number of hydrogen-bond donors (Lipinski definition) is 1. The van der Waals surface area contributed by atoms with Gasteiger partial charge in [0.15, 0.2) is 0 Å². The molecule has 88 valence electrons. The summed E-state index contributed by atoms with van der Waals surface area (Å²) in [6.07, 6.45) is 0.476. The van der Waals surface area contributed by atoms with Gasteiger partial charge in [-0.15, -0.1) is 0 Å². The highest BCUT2D eigenvalue weighted by molar-refractivity contribution is 9.21. The molecule has 0 aliphatic heterocycles. The van der Waals surface area contributed by atoms with E-state index in [1.165, 1.54) is 10.1 Å². The molecule has 1 aromatic carbocycles. The molecule has 1 rings (SSSR count). The lowest BCUT2D eigenvalue weighted by atomic mass is 10.1. The largest absolute Gasteiger partial charge is 0.508 e. The van der Waals surface area contributed by atoms with Gasteiger partial charge in [-0.1, -0.05) is 12.1 Å². The van der Waals surface area contributed by atoms with Gasteiger partial charge in [0.25, 0.3) is 0 Å². The SMILES string of the molecule is COC(=O)[C@H](Cc1ccc(O)cc1)N(Br)Br. The Kier molecular flexibility index (Phi) is 5.24. The normalized spacial score (nSPS) is 12.5. The summed E-state index contributed by atoms with van der Waals surface area (Å²) in [5.41, 5.74) is 0.928. The summed E-state index contributed by atoms with van der Waals surface area (Å²) >= 11 is 6.31. The number of ether oxygens (including phenoxy) is 1. The number of methoxy groups -OCH3 is 1. The molecule has 0 unspecified atom stereocenters. The van der Waals surface area contributed by atoms with E-state index in [1.807, 2.05) is 0 Å². The van der Waals surface area contributed by atoms with Gasteiger partial charge in [-0.05, 0) is 17.7 Å². The molecule has 1 atom stereocenters. The Morgan fingerprint density at radius 3 is 2.44 bits per heavy atom. The summed E-state index contributed by atoms with van der Waals surface area (Å²) < 4.78 is 6.12. The molecule has 0 radical (unpaired) electrons. The Morgan fingerprint density at radius 2 is 2.00 bits per heavy atom. The van der Waals surface area contributed by atoms with Crippen molar-refractivity contribution in [3.63, 3.8) is 0 Å². The van der Waals surface area contributed by atoms with Gasteiger partial charge < -0.3 is 9.84 Å². The van der Waals surface area contributed by atoms with Crippen LogP contribution in [0.3, 0.4) is 0 Å². The Morgan fingerprint density at radius 1 is 1.44 bits per heavy atom. The average molecular weight is 353 g/mol. The van der Waals surface area contributed by atoms with E-state index in [2.05, 4.69) is 37.0 Å². The van der Waals surface area contributed by atoms with Crippen molar-refractivity contribution in [1.29, 1.82) is 0 Å². The van der Waals surface area contributed by atoms with Crippen LogP contribution in [0.15, 0.2) is 24.3 Å². The van der Waals surface area contributed by atoms with Gasteiger partial charge in [-0.25, -0.2) is 0 Å². The molecule has 1 N–H and O–H groups in total. The lowest BCUT2D eigenvalue weighted by Gasteiger charge is -2.17. The first-order chi connectivity index (χ1) is 7.54. The number of hydrogen-bond acceptors (Lipinski definition) is 4. The third-order valence-corrected chi connectivity index (χ3v) is 3.06. The molecule has 6 heteroatoms. The molecule has 0 spiro atoms. The van der Waals surface area contributed by atoms with Crippen LogP contribution in [0.1, 0.15) is 5.56 Å². The Balaban J connectivity index is 2.75. The molecule has 0 bridgehead atoms. The van der Waals surface area contributed by atoms with Crippen LogP contribution in [0.4, 0.5) is 0 Å². The van der Waals surface area contributed by atoms with Gasteiger partial charge in [-0.2, -0.15) is 2.95 Å². The molecule has 0 aromatic heterocycles. The monoisotopic (exact) mass is 351 g/mol. The zero-order chi connectivity index (χ0) is 12.1. The Hall–Kier alpha value is -0.590. The van der Waals surface area contributed by atoms with Crippen LogP contribution in [0.25, 0.3) is 0 Å². The smallest absolute Gasteiger partial charge is 0.325 e. The first-order valence-electron chi connectivity index (χ1n) is 4.51. The zero-order valence-corrected chi connectivity index (χ0v) is 11.7. The highest BCUT2D eigenvalue weighted by atomic mass is 79.9. The fraction of sp³-hybridized carbons (Fsp3) is 0.300. The van der Waals surface area contributed by atoms with Gasteiger partial charge in [0.2, 0.25) is 0 Å². The van der Waals surface area contributed by atoms with Crippen molar-refractivity contribution in [3.05, 3.63) is 29.8 Å². The van der Waals surface area contributed by atoms with Crippen LogP contribution in [0, 0.1) is 0 Å². The molecule has 0 aliphatic rings. The van der Waals surface area contributed by atoms with E-state index in [9.17, 15) is 4.79 Å². The van der Waals surface area contributed by atoms with Gasteiger partial charge in [0.1, 0.15) is 11.8 Å². The molecule has 0 fully saturated rings. The standard InChI is InChI=1S/C10H11Br2NO3/c1-16-10(15)9(13(11)12)6-7-2-4-8(14)5-3-7/h2-5,9,14H,6H2,1H3/t9-/m0/s1. The van der Waals surface area contributed by atoms with Crippen LogP contribution in [-0.4, -0.2) is 27.2 Å². The highest BCUT2D eigenvalue weighted by Crippen LogP contribution is 2.19. The molecule has 1 aromatic rings. The molecule has 0 aliphatic carbocycles. The average Bonchev–Trinajstić information content (AvgIpc) is 2.27. The number of phenolic OH excluding ortho intramolecular Hbond substituents is 1. The molecule has 16 heavy (non-hydrogen) atoms. The van der Waals surface area contributed by atoms with E-state index >= 15 is 0 Å². The van der Waals surface area contributed by atoms with Crippen LogP contribution in [0.2, 0.25) is 0 Å². The van der Waals surface area contributed by atoms with Crippen LogP contribution >= 0.6 is 32.3 Å². The molecule has 0 amide bonds. The van der Waals surface area contributed by atoms with Crippen molar-refractivity contribution in [3.8, 4) is 5.75 Å². The second-order valence-corrected chi connectivity index (χ2v) is 5.65. The number of halogens is 2. The van der Waals surface area contributed by atoms with Gasteiger partial charge in [0, 0.05) is 38.7 Å². The third-order valence-electron chi connectivity index (χ3n) is 2.07. The van der Waals surface area contributed by atoms with Crippen molar-refractivity contribution >= 4 is 38.3 Å². The summed E-state index contributed by atoms with van der Waals surface area (Å²) in [6, 6.07) is 6.21. The number of phenols is 1. The van der Waals surface area contributed by atoms with E-state index in [0.717, 1.165) is 5.56 Å². The third kappa shape index (κ3) is 3.77.